The van der Waals surface area contributed by atoms with Gasteiger partial charge in [0.25, 0.3) is 0 Å². The largest absolute Gasteiger partial charge is 0.493 e. The fraction of sp³-hybridized carbons (Fsp3) is 0.467. The molecule has 0 aliphatic carbocycles. The first-order valence-corrected chi connectivity index (χ1v) is 7.18. The topological polar surface area (TPSA) is 84.7 Å². The van der Waals surface area contributed by atoms with Crippen LogP contribution in [0.4, 0.5) is 5.69 Å². The van der Waals surface area contributed by atoms with Crippen LogP contribution in [0.2, 0.25) is 0 Å². The average Bonchev–Trinajstić information content (AvgIpc) is 3.01. The second-order valence-electron chi connectivity index (χ2n) is 5.03. The molecule has 2 amide bonds. The molecule has 0 atom stereocenters. The molecular weight excluding hydrogens is 270 g/mol. The van der Waals surface area contributed by atoms with Crippen molar-refractivity contribution in [1.29, 1.82) is 0 Å². The fourth-order valence-electron chi connectivity index (χ4n) is 2.17. The van der Waals surface area contributed by atoms with Crippen LogP contribution in [0.5, 0.6) is 5.75 Å². The lowest BCUT2D eigenvalue weighted by atomic mass is 10.3. The van der Waals surface area contributed by atoms with E-state index in [0.717, 1.165) is 25.9 Å². The molecule has 0 aromatic heterocycles. The van der Waals surface area contributed by atoms with Gasteiger partial charge in [0.2, 0.25) is 11.8 Å². The summed E-state index contributed by atoms with van der Waals surface area (Å²) in [6, 6.07) is 6.99. The van der Waals surface area contributed by atoms with Gasteiger partial charge >= 0.3 is 0 Å². The molecule has 6 heteroatoms. The van der Waals surface area contributed by atoms with Gasteiger partial charge in [-0.15, -0.1) is 0 Å². The summed E-state index contributed by atoms with van der Waals surface area (Å²) >= 11 is 0. The predicted octanol–water partition coefficient (Wildman–Crippen LogP) is 0.776. The van der Waals surface area contributed by atoms with E-state index in [1.165, 1.54) is 0 Å². The number of anilines is 1. The molecule has 0 radical (unpaired) electrons. The molecule has 1 aliphatic heterocycles. The monoisotopic (exact) mass is 291 g/mol. The minimum Gasteiger partial charge on any atom is -0.493 e. The number of nitrogens with two attached hydrogens (primary N) is 1. The van der Waals surface area contributed by atoms with Crippen molar-refractivity contribution in [3.8, 4) is 5.75 Å². The number of hydrogen-bond acceptors (Lipinski definition) is 4. The quantitative estimate of drug-likeness (QED) is 0.758. The Morgan fingerprint density at radius 3 is 2.52 bits per heavy atom. The Hall–Kier alpha value is -2.24. The zero-order chi connectivity index (χ0) is 15.1. The van der Waals surface area contributed by atoms with Crippen molar-refractivity contribution in [2.24, 2.45) is 0 Å². The Labute approximate surface area is 124 Å². The summed E-state index contributed by atoms with van der Waals surface area (Å²) in [5.74, 6) is 0.475. The van der Waals surface area contributed by atoms with Crippen LogP contribution in [0.3, 0.4) is 0 Å². The van der Waals surface area contributed by atoms with E-state index in [-0.39, 0.29) is 31.4 Å². The van der Waals surface area contributed by atoms with Crippen molar-refractivity contribution in [2.45, 2.75) is 19.3 Å². The van der Waals surface area contributed by atoms with Gasteiger partial charge in [-0.2, -0.15) is 0 Å². The molecule has 3 N–H and O–H groups in total. The summed E-state index contributed by atoms with van der Waals surface area (Å²) in [4.78, 5) is 25.2. The number of benzene rings is 1. The number of carbonyl (C=O) groups is 2. The van der Waals surface area contributed by atoms with E-state index in [1.807, 2.05) is 0 Å². The number of nitrogens with one attached hydrogen (secondary N) is 1. The molecule has 1 aromatic rings. The van der Waals surface area contributed by atoms with Gasteiger partial charge in [-0.3, -0.25) is 9.59 Å². The summed E-state index contributed by atoms with van der Waals surface area (Å²) in [6.07, 6.45) is 2.32. The molecule has 0 spiro atoms. The van der Waals surface area contributed by atoms with E-state index in [4.69, 9.17) is 10.5 Å². The lowest BCUT2D eigenvalue weighted by Crippen LogP contribution is -2.38. The summed E-state index contributed by atoms with van der Waals surface area (Å²) in [5, 5.41) is 2.62. The van der Waals surface area contributed by atoms with E-state index in [0.29, 0.717) is 11.4 Å². The molecule has 1 heterocycles. The molecule has 114 valence electrons. The van der Waals surface area contributed by atoms with Crippen LogP contribution < -0.4 is 15.8 Å². The maximum absolute atomic E-state index is 11.7. The molecule has 0 bridgehead atoms. The third kappa shape index (κ3) is 4.98. The normalized spacial score (nSPS) is 14.0. The first kappa shape index (κ1) is 15.2. The van der Waals surface area contributed by atoms with Gasteiger partial charge in [0.15, 0.2) is 0 Å². The Balaban J connectivity index is 1.61. The second kappa shape index (κ2) is 7.52. The average molecular weight is 291 g/mol. The highest BCUT2D eigenvalue weighted by Crippen LogP contribution is 2.13. The second-order valence-corrected chi connectivity index (χ2v) is 5.03. The minimum absolute atomic E-state index is 0.0136. The molecule has 1 saturated heterocycles. The van der Waals surface area contributed by atoms with Crippen molar-refractivity contribution >= 4 is 17.5 Å². The summed E-state index contributed by atoms with van der Waals surface area (Å²) in [6.45, 7) is 1.94. The lowest BCUT2D eigenvalue weighted by molar-refractivity contribution is -0.132. The van der Waals surface area contributed by atoms with E-state index in [1.54, 1.807) is 29.2 Å². The molecule has 21 heavy (non-hydrogen) atoms. The van der Waals surface area contributed by atoms with Crippen LogP contribution in [0.25, 0.3) is 0 Å². The summed E-state index contributed by atoms with van der Waals surface area (Å²) in [7, 11) is 0. The Bertz CT molecular complexity index is 481. The third-order valence-electron chi connectivity index (χ3n) is 3.37. The third-order valence-corrected chi connectivity index (χ3v) is 3.37. The highest BCUT2D eigenvalue weighted by atomic mass is 16.5. The van der Waals surface area contributed by atoms with Crippen LogP contribution in [-0.4, -0.2) is 43.0 Å². The van der Waals surface area contributed by atoms with E-state index in [9.17, 15) is 9.59 Å². The molecule has 0 saturated carbocycles. The van der Waals surface area contributed by atoms with Gasteiger partial charge in [0.1, 0.15) is 5.75 Å². The molecule has 1 aliphatic rings. The molecule has 1 aromatic carbocycles. The van der Waals surface area contributed by atoms with Crippen molar-refractivity contribution in [2.75, 3.05) is 32.0 Å². The van der Waals surface area contributed by atoms with Crippen LogP contribution >= 0.6 is 0 Å². The number of nitrogen functional groups attached to an aromatic ring is 1. The summed E-state index contributed by atoms with van der Waals surface area (Å²) in [5.41, 5.74) is 6.23. The Morgan fingerprint density at radius 1 is 1.19 bits per heavy atom. The van der Waals surface area contributed by atoms with Gasteiger partial charge in [0.05, 0.1) is 19.6 Å². The van der Waals surface area contributed by atoms with Crippen LogP contribution in [0.1, 0.15) is 19.3 Å². The van der Waals surface area contributed by atoms with Crippen molar-refractivity contribution in [3.05, 3.63) is 24.3 Å². The Kier molecular flexibility index (Phi) is 5.43. The molecule has 1 fully saturated rings. The van der Waals surface area contributed by atoms with Gasteiger partial charge in [-0.05, 0) is 37.1 Å². The van der Waals surface area contributed by atoms with Crippen LogP contribution in [0, 0.1) is 0 Å². The maximum Gasteiger partial charge on any atom is 0.241 e. The standard InChI is InChI=1S/C15H21N3O3/c16-12-3-5-13(6-4-12)21-10-7-14(19)17-11-15(20)18-8-1-2-9-18/h3-6H,1-2,7-11,16H2,(H,17,19). The van der Waals surface area contributed by atoms with Gasteiger partial charge in [-0.1, -0.05) is 0 Å². The number of ether oxygens (including phenoxy) is 1. The zero-order valence-electron chi connectivity index (χ0n) is 12.0. The van der Waals surface area contributed by atoms with E-state index in [2.05, 4.69) is 5.32 Å². The minimum atomic E-state index is -0.182. The fourth-order valence-corrected chi connectivity index (χ4v) is 2.17. The van der Waals surface area contributed by atoms with Gasteiger partial charge in [0, 0.05) is 18.8 Å². The van der Waals surface area contributed by atoms with E-state index >= 15 is 0 Å². The molecule has 0 unspecified atom stereocenters. The summed E-state index contributed by atoms with van der Waals surface area (Å²) < 4.78 is 5.43. The van der Waals surface area contributed by atoms with Crippen molar-refractivity contribution in [1.82, 2.24) is 10.2 Å². The number of hydrogen-bond donors (Lipinski definition) is 2. The number of likely N-dealkylation sites (tertiary alicyclic amines) is 1. The smallest absolute Gasteiger partial charge is 0.241 e. The van der Waals surface area contributed by atoms with E-state index < -0.39 is 0 Å². The van der Waals surface area contributed by atoms with Crippen molar-refractivity contribution in [3.63, 3.8) is 0 Å². The van der Waals surface area contributed by atoms with Gasteiger partial charge < -0.3 is 20.7 Å². The molecule has 6 nitrogen and oxygen atoms in total. The first-order valence-electron chi connectivity index (χ1n) is 7.18. The highest BCUT2D eigenvalue weighted by molar-refractivity contribution is 5.84. The SMILES string of the molecule is Nc1ccc(OCCC(=O)NCC(=O)N2CCCC2)cc1. The number of carbonyl (C=O) groups excluding carboxylic acids is 2. The Morgan fingerprint density at radius 2 is 1.86 bits per heavy atom. The number of nitrogens with zero attached hydrogens (tertiary/aromatic N) is 1. The van der Waals surface area contributed by atoms with Crippen LogP contribution in [-0.2, 0) is 9.59 Å². The highest BCUT2D eigenvalue weighted by Gasteiger charge is 2.17. The number of rotatable bonds is 6. The van der Waals surface area contributed by atoms with Gasteiger partial charge in [-0.25, -0.2) is 0 Å². The van der Waals surface area contributed by atoms with Crippen LogP contribution in [0.15, 0.2) is 24.3 Å². The maximum atomic E-state index is 11.7. The predicted molar refractivity (Wildman–Crippen MR) is 79.8 cm³/mol. The molecule has 2 rings (SSSR count). The zero-order valence-corrected chi connectivity index (χ0v) is 12.0. The lowest BCUT2D eigenvalue weighted by Gasteiger charge is -2.15. The molecular formula is C15H21N3O3. The first-order chi connectivity index (χ1) is 10.1. The van der Waals surface area contributed by atoms with Crippen molar-refractivity contribution < 1.29 is 14.3 Å². The number of amides is 2.